The van der Waals surface area contributed by atoms with Crippen LogP contribution < -0.4 is 0 Å². The van der Waals surface area contributed by atoms with Gasteiger partial charge in [-0.25, -0.2) is 0 Å². The summed E-state index contributed by atoms with van der Waals surface area (Å²) in [6, 6.07) is 0. The molecule has 4 heteroatoms. The monoisotopic (exact) mass is 365 g/mol. The molecule has 1 saturated carbocycles. The molecule has 0 aromatic carbocycles. The molecule has 1 N–H and O–H groups in total. The third-order valence-electron chi connectivity index (χ3n) is 2.26. The summed E-state index contributed by atoms with van der Waals surface area (Å²) in [6.45, 7) is 0.278. The second-order valence-electron chi connectivity index (χ2n) is 3.14. The zero-order chi connectivity index (χ0) is 8.97. The number of ether oxygens (including phenoxy) is 1. The predicted molar refractivity (Wildman–Crippen MR) is 44.6 cm³/mol. The van der Waals surface area contributed by atoms with E-state index in [1.54, 1.807) is 0 Å². The van der Waals surface area contributed by atoms with E-state index in [2.05, 4.69) is 0 Å². The molecule has 3 radical (unpaired) electrons. The number of aliphatic hydroxyl groups is 1. The van der Waals surface area contributed by atoms with Gasteiger partial charge in [0.25, 0.3) is 0 Å². The van der Waals surface area contributed by atoms with E-state index in [1.807, 2.05) is 0 Å². The van der Waals surface area contributed by atoms with Crippen LogP contribution in [0.1, 0.15) is 19.3 Å². The summed E-state index contributed by atoms with van der Waals surface area (Å²) >= 11 is 0.919. The summed E-state index contributed by atoms with van der Waals surface area (Å²) in [5, 5.41) is 8.73. The quantitative estimate of drug-likeness (QED) is 0.555. The number of carbonyl (C=O) groups is 1. The first kappa shape index (κ1) is 10.4. The topological polar surface area (TPSA) is 46.5 Å². The molecule has 0 aromatic rings. The van der Waals surface area contributed by atoms with Crippen LogP contribution in [0.5, 0.6) is 0 Å². The van der Waals surface area contributed by atoms with Crippen molar-refractivity contribution in [3.05, 3.63) is 0 Å². The zero-order valence-electron chi connectivity index (χ0n) is 6.95. The summed E-state index contributed by atoms with van der Waals surface area (Å²) in [5.41, 5.74) is 0. The van der Waals surface area contributed by atoms with Gasteiger partial charge < -0.3 is 0 Å². The number of hydrogen-bond acceptors (Lipinski definition) is 3. The molecule has 0 spiro atoms. The summed E-state index contributed by atoms with van der Waals surface area (Å²) in [4.78, 5) is 10.9. The molecule has 67 valence electrons. The van der Waals surface area contributed by atoms with E-state index in [-0.39, 0.29) is 12.6 Å². The Morgan fingerprint density at radius 1 is 1.58 bits per heavy atom. The van der Waals surface area contributed by atoms with E-state index >= 15 is 0 Å². The Kier molecular flexibility index (Phi) is 4.49. The van der Waals surface area contributed by atoms with Crippen molar-refractivity contribution in [2.45, 2.75) is 19.3 Å². The van der Waals surface area contributed by atoms with Crippen molar-refractivity contribution in [2.24, 2.45) is 11.8 Å². The number of esters is 1. The third kappa shape index (κ3) is 3.39. The summed E-state index contributed by atoms with van der Waals surface area (Å²) < 4.78 is 5.45. The van der Waals surface area contributed by atoms with Gasteiger partial charge in [-0.05, 0) is 0 Å². The number of hydrogen-bond donors (Lipinski definition) is 1. The fourth-order valence-corrected chi connectivity index (χ4v) is 1.97. The van der Waals surface area contributed by atoms with Crippen LogP contribution in [-0.4, -0.2) is 47.6 Å². The van der Waals surface area contributed by atoms with Crippen LogP contribution in [0, 0.1) is 11.8 Å². The molecule has 0 amide bonds. The molecular weight excluding hydrogens is 351 g/mol. The van der Waals surface area contributed by atoms with Gasteiger partial charge in [0, 0.05) is 0 Å². The van der Waals surface area contributed by atoms with Crippen molar-refractivity contribution < 1.29 is 14.6 Å². The van der Waals surface area contributed by atoms with Gasteiger partial charge in [0.15, 0.2) is 0 Å². The van der Waals surface area contributed by atoms with Crippen LogP contribution in [0.3, 0.4) is 0 Å². The Balaban J connectivity index is 1.99. The average molecular weight is 364 g/mol. The number of carbonyl (C=O) groups excluding carboxylic acids is 1. The van der Waals surface area contributed by atoms with E-state index in [9.17, 15) is 4.79 Å². The van der Waals surface area contributed by atoms with Crippen molar-refractivity contribution in [1.82, 2.24) is 0 Å². The molecule has 0 bridgehead atoms. The Morgan fingerprint density at radius 2 is 2.33 bits per heavy atom. The first-order valence-electron chi connectivity index (χ1n) is 4.19. The molecule has 2 unspecified atom stereocenters. The molecule has 2 atom stereocenters. The summed E-state index contributed by atoms with van der Waals surface area (Å²) in [5.74, 6) is 0.971. The average Bonchev–Trinajstić information content (AvgIpc) is 2.80. The van der Waals surface area contributed by atoms with E-state index in [0.717, 1.165) is 38.6 Å². The first-order chi connectivity index (χ1) is 5.77. The van der Waals surface area contributed by atoms with Gasteiger partial charge in [0.05, 0.1) is 0 Å². The van der Waals surface area contributed by atoms with Gasteiger partial charge >= 0.3 is 88.2 Å². The van der Waals surface area contributed by atoms with Gasteiger partial charge in [-0.1, -0.05) is 0 Å². The Morgan fingerprint density at radius 3 is 2.83 bits per heavy atom. The van der Waals surface area contributed by atoms with Crippen molar-refractivity contribution >= 4 is 31.7 Å². The molecule has 1 rings (SSSR count). The van der Waals surface area contributed by atoms with Crippen molar-refractivity contribution in [3.63, 3.8) is 0 Å². The normalized spacial score (nSPS) is 26.8. The van der Waals surface area contributed by atoms with E-state index in [0.29, 0.717) is 22.4 Å². The molecule has 3 nitrogen and oxygen atoms in total. The maximum atomic E-state index is 10.9. The fourth-order valence-electron chi connectivity index (χ4n) is 1.34. The van der Waals surface area contributed by atoms with Crippen LogP contribution in [-0.2, 0) is 9.53 Å². The Labute approximate surface area is 88.2 Å². The van der Waals surface area contributed by atoms with Crippen molar-refractivity contribution in [1.29, 1.82) is 0 Å². The molecule has 12 heavy (non-hydrogen) atoms. The summed E-state index contributed by atoms with van der Waals surface area (Å²) in [6.07, 6.45) is 2.51. The second-order valence-corrected chi connectivity index (χ2v) is 4.26. The van der Waals surface area contributed by atoms with Gasteiger partial charge in [-0.15, -0.1) is 0 Å². The Bertz CT molecular complexity index is 160. The van der Waals surface area contributed by atoms with Crippen molar-refractivity contribution in [3.8, 4) is 0 Å². The van der Waals surface area contributed by atoms with E-state index < -0.39 is 0 Å². The second kappa shape index (κ2) is 5.16. The van der Waals surface area contributed by atoms with Crippen LogP contribution in [0.25, 0.3) is 0 Å². The molecule has 0 heterocycles. The number of aliphatic hydroxyl groups excluding tert-OH is 1. The molecule has 1 aliphatic rings. The molecule has 1 aliphatic carbocycles. The van der Waals surface area contributed by atoms with E-state index in [4.69, 9.17) is 9.84 Å². The number of rotatable bonds is 5. The molecule has 1 fully saturated rings. The molecule has 0 saturated heterocycles. The molecule has 0 aliphatic heterocycles. The van der Waals surface area contributed by atoms with Crippen LogP contribution in [0.15, 0.2) is 0 Å². The zero-order valence-corrected chi connectivity index (χ0v) is 10.8. The maximum absolute atomic E-state index is 10.9. The van der Waals surface area contributed by atoms with Crippen molar-refractivity contribution in [2.75, 3.05) is 10.8 Å². The van der Waals surface area contributed by atoms with Gasteiger partial charge in [-0.2, -0.15) is 0 Å². The summed E-state index contributed by atoms with van der Waals surface area (Å²) in [7, 11) is 0. The van der Waals surface area contributed by atoms with Gasteiger partial charge in [0.1, 0.15) is 0 Å². The van der Waals surface area contributed by atoms with Gasteiger partial charge in [-0.3, -0.25) is 0 Å². The van der Waals surface area contributed by atoms with Crippen LogP contribution in [0.2, 0.25) is 0 Å². The third-order valence-corrected chi connectivity index (χ3v) is 2.82. The Hall–Kier alpha value is 0.352. The van der Waals surface area contributed by atoms with E-state index in [1.165, 1.54) is 0 Å². The minimum atomic E-state index is -0.0754. The molecular formula is C8H13O3Pb. The predicted octanol–water partition coefficient (Wildman–Crippen LogP) is 0.0642. The fraction of sp³-hybridized carbons (Fsp3) is 0.875. The van der Waals surface area contributed by atoms with Crippen LogP contribution >= 0.6 is 0 Å². The SMILES string of the molecule is O=C(CCC1CC1CO)O[CH2][Pb]. The first-order valence-corrected chi connectivity index (χ1v) is 6.94. The standard InChI is InChI=1S/C8H13O3.Pb/c1-11-8(10)3-2-6-4-7(6)5-9;/h6-7,9H,1-5H2;. The van der Waals surface area contributed by atoms with Crippen LogP contribution in [0.4, 0.5) is 0 Å². The minimum absolute atomic E-state index is 0.0754. The molecule has 0 aromatic heterocycles. The van der Waals surface area contributed by atoms with Gasteiger partial charge in [0.2, 0.25) is 0 Å².